The molecule has 0 amide bonds. The molecule has 0 bridgehead atoms. The summed E-state index contributed by atoms with van der Waals surface area (Å²) >= 11 is 5.88. The van der Waals surface area contributed by atoms with Crippen LogP contribution in [0.1, 0.15) is 19.8 Å². The molecule has 1 aliphatic carbocycles. The minimum absolute atomic E-state index is 0.0278. The van der Waals surface area contributed by atoms with Crippen LogP contribution in [0.5, 0.6) is 0 Å². The predicted molar refractivity (Wildman–Crippen MR) is 32.6 cm³/mol. The Kier molecular flexibility index (Phi) is 0.927. The number of hydrogen-bond acceptors (Lipinski definition) is 0. The van der Waals surface area contributed by atoms with Gasteiger partial charge in [0.25, 0.3) is 0 Å². The molecule has 0 aromatic carbocycles. The van der Waals surface area contributed by atoms with Crippen LogP contribution >= 0.6 is 11.6 Å². The van der Waals surface area contributed by atoms with Crippen molar-refractivity contribution in [2.45, 2.75) is 24.6 Å². The Balaban J connectivity index is 2.55. The second kappa shape index (κ2) is 1.25. The van der Waals surface area contributed by atoms with Crippen LogP contribution in [0.3, 0.4) is 0 Å². The summed E-state index contributed by atoms with van der Waals surface area (Å²) in [7, 11) is 0. The van der Waals surface area contributed by atoms with Gasteiger partial charge in [0, 0.05) is 0 Å². The molecule has 0 aromatic heterocycles. The maximum Gasteiger partial charge on any atom is 0.0651 e. The van der Waals surface area contributed by atoms with Crippen molar-refractivity contribution in [2.75, 3.05) is 0 Å². The fourth-order valence-corrected chi connectivity index (χ4v) is 0.631. The van der Waals surface area contributed by atoms with Crippen molar-refractivity contribution < 1.29 is 0 Å². The van der Waals surface area contributed by atoms with Gasteiger partial charge in [-0.2, -0.15) is 0 Å². The monoisotopic (exact) mass is 116 g/mol. The van der Waals surface area contributed by atoms with Gasteiger partial charge in [0.1, 0.15) is 0 Å². The average Bonchev–Trinajstić information content (AvgIpc) is 2.21. The Morgan fingerprint density at radius 1 is 1.71 bits per heavy atom. The zero-order chi connectivity index (χ0) is 5.49. The molecule has 1 heteroatoms. The fraction of sp³-hybridized carbons (Fsp3) is 0.667. The molecule has 0 saturated heterocycles. The van der Waals surface area contributed by atoms with Gasteiger partial charge in [-0.1, -0.05) is 12.2 Å². The summed E-state index contributed by atoms with van der Waals surface area (Å²) in [5.74, 6) is 0. The first kappa shape index (κ1) is 5.17. The first-order valence-electron chi connectivity index (χ1n) is 2.50. The molecule has 0 heterocycles. The number of halogens is 1. The molecule has 0 atom stereocenters. The molecule has 0 radical (unpaired) electrons. The van der Waals surface area contributed by atoms with Gasteiger partial charge < -0.3 is 0 Å². The van der Waals surface area contributed by atoms with Gasteiger partial charge in [0.15, 0.2) is 0 Å². The Morgan fingerprint density at radius 2 is 2.14 bits per heavy atom. The van der Waals surface area contributed by atoms with E-state index in [4.69, 9.17) is 11.6 Å². The molecule has 1 fully saturated rings. The molecule has 0 unspecified atom stereocenters. The number of hydrogen-bond donors (Lipinski definition) is 0. The van der Waals surface area contributed by atoms with Crippen molar-refractivity contribution in [3.8, 4) is 0 Å². The van der Waals surface area contributed by atoms with E-state index in [2.05, 4.69) is 6.58 Å². The third-order valence-electron chi connectivity index (χ3n) is 1.45. The van der Waals surface area contributed by atoms with E-state index in [1.807, 2.05) is 6.92 Å². The largest absolute Gasteiger partial charge is 0.114 e. The lowest BCUT2D eigenvalue weighted by atomic mass is 10.2. The molecular weight excluding hydrogens is 108 g/mol. The second-order valence-electron chi connectivity index (χ2n) is 2.25. The fourth-order valence-electron chi connectivity index (χ4n) is 0.537. The van der Waals surface area contributed by atoms with Crippen LogP contribution in [0, 0.1) is 0 Å². The van der Waals surface area contributed by atoms with Gasteiger partial charge in [0.05, 0.1) is 4.87 Å². The lowest BCUT2D eigenvalue weighted by Gasteiger charge is -2.00. The molecule has 0 nitrogen and oxygen atoms in total. The Labute approximate surface area is 49.2 Å². The van der Waals surface area contributed by atoms with Crippen molar-refractivity contribution in [3.63, 3.8) is 0 Å². The van der Waals surface area contributed by atoms with Gasteiger partial charge in [-0.3, -0.25) is 0 Å². The summed E-state index contributed by atoms with van der Waals surface area (Å²) in [5, 5.41) is 0. The standard InChI is InChI=1S/C6H9Cl/c1-5(2)6(7)3-4-6/h1,3-4H2,2H3. The van der Waals surface area contributed by atoms with Crippen molar-refractivity contribution in [1.29, 1.82) is 0 Å². The Bertz CT molecular complexity index is 101. The van der Waals surface area contributed by atoms with Crippen LogP contribution in [0.2, 0.25) is 0 Å². The molecule has 0 aromatic rings. The van der Waals surface area contributed by atoms with E-state index in [1.165, 1.54) is 0 Å². The summed E-state index contributed by atoms with van der Waals surface area (Å²) in [6.07, 6.45) is 2.26. The van der Waals surface area contributed by atoms with E-state index in [1.54, 1.807) is 0 Å². The van der Waals surface area contributed by atoms with E-state index in [9.17, 15) is 0 Å². The van der Waals surface area contributed by atoms with Crippen molar-refractivity contribution in [3.05, 3.63) is 12.2 Å². The maximum atomic E-state index is 5.88. The SMILES string of the molecule is C=C(C)C1(Cl)CC1. The minimum atomic E-state index is 0.0278. The molecule has 40 valence electrons. The number of rotatable bonds is 1. The lowest BCUT2D eigenvalue weighted by Crippen LogP contribution is -1.95. The predicted octanol–water partition coefficient (Wildman–Crippen LogP) is 2.33. The quantitative estimate of drug-likeness (QED) is 0.364. The Hall–Kier alpha value is 0.0300. The summed E-state index contributed by atoms with van der Waals surface area (Å²) < 4.78 is 0. The third kappa shape index (κ3) is 0.805. The van der Waals surface area contributed by atoms with E-state index in [0.29, 0.717) is 0 Å². The van der Waals surface area contributed by atoms with E-state index in [-0.39, 0.29) is 4.87 Å². The third-order valence-corrected chi connectivity index (χ3v) is 2.15. The highest BCUT2D eigenvalue weighted by molar-refractivity contribution is 6.27. The summed E-state index contributed by atoms with van der Waals surface area (Å²) in [5.41, 5.74) is 1.12. The van der Waals surface area contributed by atoms with E-state index < -0.39 is 0 Å². The van der Waals surface area contributed by atoms with Crippen LogP contribution in [-0.2, 0) is 0 Å². The molecule has 0 N–H and O–H groups in total. The Morgan fingerprint density at radius 3 is 2.14 bits per heavy atom. The summed E-state index contributed by atoms with van der Waals surface area (Å²) in [6, 6.07) is 0. The molecule has 7 heavy (non-hydrogen) atoms. The van der Waals surface area contributed by atoms with Gasteiger partial charge in [0.2, 0.25) is 0 Å². The van der Waals surface area contributed by atoms with Crippen LogP contribution < -0.4 is 0 Å². The van der Waals surface area contributed by atoms with Crippen LogP contribution in [0.15, 0.2) is 12.2 Å². The highest BCUT2D eigenvalue weighted by Crippen LogP contribution is 2.47. The smallest absolute Gasteiger partial charge is 0.0651 e. The van der Waals surface area contributed by atoms with Gasteiger partial charge in [-0.05, 0) is 19.8 Å². The van der Waals surface area contributed by atoms with E-state index in [0.717, 1.165) is 18.4 Å². The number of alkyl halides is 1. The molecule has 0 spiro atoms. The van der Waals surface area contributed by atoms with Gasteiger partial charge in [-0.25, -0.2) is 0 Å². The van der Waals surface area contributed by atoms with Gasteiger partial charge >= 0.3 is 0 Å². The first-order valence-corrected chi connectivity index (χ1v) is 2.88. The summed E-state index contributed by atoms with van der Waals surface area (Å²) in [6.45, 7) is 5.74. The van der Waals surface area contributed by atoms with Crippen LogP contribution in [0.25, 0.3) is 0 Å². The van der Waals surface area contributed by atoms with Crippen molar-refractivity contribution in [1.82, 2.24) is 0 Å². The highest BCUT2D eigenvalue weighted by atomic mass is 35.5. The number of allylic oxidation sites excluding steroid dienone is 1. The summed E-state index contributed by atoms with van der Waals surface area (Å²) in [4.78, 5) is 0.0278. The van der Waals surface area contributed by atoms with E-state index >= 15 is 0 Å². The van der Waals surface area contributed by atoms with Crippen LogP contribution in [-0.4, -0.2) is 4.87 Å². The van der Waals surface area contributed by atoms with Crippen LogP contribution in [0.4, 0.5) is 0 Å². The first-order chi connectivity index (χ1) is 3.15. The lowest BCUT2D eigenvalue weighted by molar-refractivity contribution is 1.06. The topological polar surface area (TPSA) is 0 Å². The van der Waals surface area contributed by atoms with Crippen molar-refractivity contribution >= 4 is 11.6 Å². The minimum Gasteiger partial charge on any atom is -0.114 e. The zero-order valence-corrected chi connectivity index (χ0v) is 5.26. The molecule has 0 aliphatic heterocycles. The molecule has 1 rings (SSSR count). The zero-order valence-electron chi connectivity index (χ0n) is 4.50. The average molecular weight is 117 g/mol. The maximum absolute atomic E-state index is 5.88. The van der Waals surface area contributed by atoms with Gasteiger partial charge in [-0.15, -0.1) is 11.6 Å². The normalized spacial score (nSPS) is 24.3. The second-order valence-corrected chi connectivity index (χ2v) is 2.97. The molecule has 1 saturated carbocycles. The highest BCUT2D eigenvalue weighted by Gasteiger charge is 2.40. The molecular formula is C6H9Cl. The molecule has 1 aliphatic rings. The van der Waals surface area contributed by atoms with Crippen molar-refractivity contribution in [2.24, 2.45) is 0 Å².